The van der Waals surface area contributed by atoms with E-state index < -0.39 is 6.04 Å². The minimum absolute atomic E-state index is 0.0426. The molecule has 104 valence electrons. The summed E-state index contributed by atoms with van der Waals surface area (Å²) in [6.07, 6.45) is 2.18. The molecule has 0 saturated carbocycles. The number of unbranched alkanes of at least 4 members (excludes halogenated alkanes) is 1. The van der Waals surface area contributed by atoms with Gasteiger partial charge < -0.3 is 16.0 Å². The Hall–Kier alpha value is -1.43. The Morgan fingerprint density at radius 2 is 1.78 bits per heavy atom. The molecule has 3 N–H and O–H groups in total. The molecule has 0 aliphatic carbocycles. The number of hydrogen-bond acceptors (Lipinski definition) is 4. The van der Waals surface area contributed by atoms with Crippen LogP contribution in [0.4, 0.5) is 0 Å². The van der Waals surface area contributed by atoms with Gasteiger partial charge in [0.2, 0.25) is 11.8 Å². The molecule has 1 atom stereocenters. The van der Waals surface area contributed by atoms with E-state index >= 15 is 0 Å². The monoisotopic (exact) mass is 257 g/mol. The Balaban J connectivity index is 3.87. The number of hydrogen-bond donors (Lipinski definition) is 3. The molecule has 0 aliphatic rings. The molecule has 2 amide bonds. The van der Waals surface area contributed by atoms with Gasteiger partial charge >= 0.3 is 0 Å². The number of Topliss-reactive ketones (excluding diaryl/α,β-unsaturated/α-hetero) is 1. The maximum Gasteiger partial charge on any atom is 0.234 e. The summed E-state index contributed by atoms with van der Waals surface area (Å²) in [5, 5.41) is 8.10. The highest BCUT2D eigenvalue weighted by Gasteiger charge is 2.15. The summed E-state index contributed by atoms with van der Waals surface area (Å²) < 4.78 is 0. The average Bonchev–Trinajstić information content (AvgIpc) is 2.26. The van der Waals surface area contributed by atoms with Crippen molar-refractivity contribution in [2.75, 3.05) is 20.1 Å². The van der Waals surface area contributed by atoms with Crippen LogP contribution in [0.25, 0.3) is 0 Å². The van der Waals surface area contributed by atoms with Crippen LogP contribution in [0.1, 0.15) is 33.1 Å². The third-order valence-electron chi connectivity index (χ3n) is 2.46. The highest BCUT2D eigenvalue weighted by Crippen LogP contribution is 2.01. The maximum atomic E-state index is 11.4. The normalized spacial score (nSPS) is 11.7. The third-order valence-corrected chi connectivity index (χ3v) is 2.46. The van der Waals surface area contributed by atoms with Gasteiger partial charge in [-0.3, -0.25) is 14.4 Å². The van der Waals surface area contributed by atoms with Gasteiger partial charge in [0.25, 0.3) is 0 Å². The topological polar surface area (TPSA) is 87.3 Å². The summed E-state index contributed by atoms with van der Waals surface area (Å²) in [6.45, 7) is 3.74. The number of carbonyl (C=O) groups excluding carboxylic acids is 3. The van der Waals surface area contributed by atoms with Crippen molar-refractivity contribution in [2.24, 2.45) is 0 Å². The van der Waals surface area contributed by atoms with E-state index in [1.807, 2.05) is 0 Å². The summed E-state index contributed by atoms with van der Waals surface area (Å²) in [5.74, 6) is -0.279. The van der Waals surface area contributed by atoms with Gasteiger partial charge in [0.05, 0.1) is 12.6 Å². The van der Waals surface area contributed by atoms with Crippen molar-refractivity contribution in [3.05, 3.63) is 0 Å². The third kappa shape index (κ3) is 8.69. The molecule has 0 fully saturated rings. The molecule has 0 rings (SSSR count). The molecule has 0 aliphatic heterocycles. The first kappa shape index (κ1) is 16.6. The average molecular weight is 257 g/mol. The van der Waals surface area contributed by atoms with Crippen molar-refractivity contribution in [2.45, 2.75) is 39.2 Å². The minimum Gasteiger partial charge on any atom is -0.356 e. The minimum atomic E-state index is -0.428. The summed E-state index contributed by atoms with van der Waals surface area (Å²) in [5.41, 5.74) is 0. The number of ketones is 1. The first-order valence-electron chi connectivity index (χ1n) is 6.16. The van der Waals surface area contributed by atoms with E-state index in [9.17, 15) is 14.4 Å². The van der Waals surface area contributed by atoms with Crippen molar-refractivity contribution in [1.82, 2.24) is 16.0 Å². The molecule has 0 aromatic carbocycles. The van der Waals surface area contributed by atoms with E-state index in [1.54, 1.807) is 7.05 Å². The Labute approximate surface area is 108 Å². The van der Waals surface area contributed by atoms with E-state index in [0.29, 0.717) is 13.0 Å². The predicted octanol–water partition coefficient (Wildman–Crippen LogP) is -0.414. The van der Waals surface area contributed by atoms with Gasteiger partial charge in [0.1, 0.15) is 0 Å². The van der Waals surface area contributed by atoms with E-state index in [0.717, 1.165) is 12.8 Å². The molecule has 6 heteroatoms. The van der Waals surface area contributed by atoms with Crippen molar-refractivity contribution in [1.29, 1.82) is 0 Å². The maximum absolute atomic E-state index is 11.4. The van der Waals surface area contributed by atoms with E-state index in [4.69, 9.17) is 0 Å². The zero-order valence-electron chi connectivity index (χ0n) is 11.3. The second-order valence-corrected chi connectivity index (χ2v) is 4.24. The highest BCUT2D eigenvalue weighted by molar-refractivity contribution is 5.88. The van der Waals surface area contributed by atoms with Crippen LogP contribution < -0.4 is 16.0 Å². The molecule has 0 radical (unpaired) electrons. The van der Waals surface area contributed by atoms with Crippen LogP contribution >= 0.6 is 0 Å². The van der Waals surface area contributed by atoms with Crippen LogP contribution in [0.15, 0.2) is 0 Å². The fourth-order valence-corrected chi connectivity index (χ4v) is 1.52. The molecular weight excluding hydrogens is 234 g/mol. The van der Waals surface area contributed by atoms with Gasteiger partial charge in [0, 0.05) is 13.5 Å². The quantitative estimate of drug-likeness (QED) is 0.490. The Morgan fingerprint density at radius 3 is 2.28 bits per heavy atom. The molecule has 0 bridgehead atoms. The second kappa shape index (κ2) is 9.58. The molecule has 0 aromatic heterocycles. The van der Waals surface area contributed by atoms with Gasteiger partial charge in [-0.15, -0.1) is 0 Å². The molecular formula is C12H23N3O3. The summed E-state index contributed by atoms with van der Waals surface area (Å²) in [4.78, 5) is 33.3. The largest absolute Gasteiger partial charge is 0.356 e. The van der Waals surface area contributed by atoms with Gasteiger partial charge in [-0.25, -0.2) is 0 Å². The van der Waals surface area contributed by atoms with Crippen LogP contribution in [-0.2, 0) is 14.4 Å². The highest BCUT2D eigenvalue weighted by atomic mass is 16.2. The molecule has 0 heterocycles. The Kier molecular flexibility index (Phi) is 8.82. The van der Waals surface area contributed by atoms with E-state index in [1.165, 1.54) is 13.8 Å². The van der Waals surface area contributed by atoms with Gasteiger partial charge in [-0.05, 0) is 33.2 Å². The number of carbonyl (C=O) groups is 3. The van der Waals surface area contributed by atoms with Crippen LogP contribution in [-0.4, -0.2) is 43.8 Å². The van der Waals surface area contributed by atoms with Crippen molar-refractivity contribution >= 4 is 17.6 Å². The SMILES string of the molecule is CNCC(=O)N[C@@H](CCCCNC(C)=O)C(C)=O. The molecule has 0 unspecified atom stereocenters. The molecule has 6 nitrogen and oxygen atoms in total. The first-order valence-corrected chi connectivity index (χ1v) is 6.16. The van der Waals surface area contributed by atoms with E-state index in [2.05, 4.69) is 16.0 Å². The second-order valence-electron chi connectivity index (χ2n) is 4.24. The van der Waals surface area contributed by atoms with Crippen LogP contribution in [0, 0.1) is 0 Å². The van der Waals surface area contributed by atoms with Crippen molar-refractivity contribution in [3.63, 3.8) is 0 Å². The summed E-state index contributed by atoms with van der Waals surface area (Å²) in [7, 11) is 1.68. The Bertz CT molecular complexity index is 292. The van der Waals surface area contributed by atoms with E-state index in [-0.39, 0.29) is 24.1 Å². The lowest BCUT2D eigenvalue weighted by molar-refractivity contribution is -0.126. The van der Waals surface area contributed by atoms with Crippen LogP contribution in [0.2, 0.25) is 0 Å². The number of rotatable bonds is 9. The first-order chi connectivity index (χ1) is 8.47. The predicted molar refractivity (Wildman–Crippen MR) is 69.1 cm³/mol. The lowest BCUT2D eigenvalue weighted by Gasteiger charge is -2.15. The zero-order chi connectivity index (χ0) is 14.0. The fourth-order valence-electron chi connectivity index (χ4n) is 1.52. The number of nitrogens with one attached hydrogen (secondary N) is 3. The fraction of sp³-hybridized carbons (Fsp3) is 0.750. The lowest BCUT2D eigenvalue weighted by Crippen LogP contribution is -2.43. The smallest absolute Gasteiger partial charge is 0.234 e. The molecule has 0 aromatic rings. The van der Waals surface area contributed by atoms with Gasteiger partial charge in [0.15, 0.2) is 5.78 Å². The number of likely N-dealkylation sites (N-methyl/N-ethyl adjacent to an activating group) is 1. The summed E-state index contributed by atoms with van der Waals surface area (Å²) >= 11 is 0. The number of amides is 2. The zero-order valence-corrected chi connectivity index (χ0v) is 11.3. The molecule has 0 saturated heterocycles. The summed E-state index contributed by atoms with van der Waals surface area (Å²) in [6, 6.07) is -0.428. The molecule has 0 spiro atoms. The Morgan fingerprint density at radius 1 is 1.11 bits per heavy atom. The van der Waals surface area contributed by atoms with Crippen molar-refractivity contribution in [3.8, 4) is 0 Å². The van der Waals surface area contributed by atoms with Gasteiger partial charge in [-0.2, -0.15) is 0 Å². The van der Waals surface area contributed by atoms with Gasteiger partial charge in [-0.1, -0.05) is 0 Å². The lowest BCUT2D eigenvalue weighted by atomic mass is 10.1. The van der Waals surface area contributed by atoms with Crippen LogP contribution in [0.3, 0.4) is 0 Å². The molecule has 18 heavy (non-hydrogen) atoms. The van der Waals surface area contributed by atoms with Crippen molar-refractivity contribution < 1.29 is 14.4 Å². The van der Waals surface area contributed by atoms with Crippen LogP contribution in [0.5, 0.6) is 0 Å². The standard InChI is InChI=1S/C12H23N3O3/c1-9(16)11(15-12(18)8-13-3)6-4-5-7-14-10(2)17/h11,13H,4-8H2,1-3H3,(H,14,17)(H,15,18)/t11-/m0/s1.